The molecule has 22 heavy (non-hydrogen) atoms. The third kappa shape index (κ3) is 2.74. The number of aromatic nitrogens is 3. The summed E-state index contributed by atoms with van der Waals surface area (Å²) in [4.78, 5) is 10.9. The van der Waals surface area contributed by atoms with Crippen LogP contribution in [0.3, 0.4) is 0 Å². The number of likely N-dealkylation sites (tertiary alicyclic amines) is 1. The van der Waals surface area contributed by atoms with E-state index in [0.29, 0.717) is 0 Å². The molecule has 3 aromatic rings. The Morgan fingerprint density at radius 1 is 1.00 bits per heavy atom. The predicted octanol–water partition coefficient (Wildman–Crippen LogP) is 3.19. The molecular formula is C18H20N4. The molecule has 4 rings (SSSR count). The van der Waals surface area contributed by atoms with E-state index in [2.05, 4.69) is 56.1 Å². The minimum atomic E-state index is 0.993. The molecule has 1 saturated heterocycles. The molecule has 2 aromatic heterocycles. The van der Waals surface area contributed by atoms with Crippen molar-refractivity contribution in [2.75, 3.05) is 19.6 Å². The first-order chi connectivity index (χ1) is 10.9. The van der Waals surface area contributed by atoms with Gasteiger partial charge in [0.05, 0.1) is 5.52 Å². The summed E-state index contributed by atoms with van der Waals surface area (Å²) in [5.74, 6) is 0. The summed E-state index contributed by atoms with van der Waals surface area (Å²) in [7, 11) is 0. The molecular weight excluding hydrogens is 272 g/mol. The van der Waals surface area contributed by atoms with Crippen molar-refractivity contribution in [3.05, 3.63) is 49.2 Å². The van der Waals surface area contributed by atoms with Gasteiger partial charge in [0.25, 0.3) is 0 Å². The Morgan fingerprint density at radius 3 is 2.82 bits per heavy atom. The van der Waals surface area contributed by atoms with Crippen molar-refractivity contribution in [1.82, 2.24) is 19.4 Å². The van der Waals surface area contributed by atoms with Crippen LogP contribution >= 0.6 is 0 Å². The zero-order valence-electron chi connectivity index (χ0n) is 12.7. The van der Waals surface area contributed by atoms with Crippen molar-refractivity contribution in [3.63, 3.8) is 0 Å². The minimum Gasteiger partial charge on any atom is -0.352 e. The first kappa shape index (κ1) is 13.5. The van der Waals surface area contributed by atoms with Crippen molar-refractivity contribution in [3.8, 4) is 11.1 Å². The maximum absolute atomic E-state index is 4.27. The van der Waals surface area contributed by atoms with Crippen molar-refractivity contribution < 1.29 is 0 Å². The van der Waals surface area contributed by atoms with E-state index in [4.69, 9.17) is 0 Å². The quantitative estimate of drug-likeness (QED) is 0.740. The Bertz CT molecular complexity index is 771. The summed E-state index contributed by atoms with van der Waals surface area (Å²) in [6.45, 7) is 4.74. The molecule has 1 aromatic carbocycles. The van der Waals surface area contributed by atoms with Gasteiger partial charge in [-0.3, -0.25) is 0 Å². The molecule has 0 unspecified atom stereocenters. The molecule has 112 valence electrons. The van der Waals surface area contributed by atoms with Gasteiger partial charge in [0, 0.05) is 37.1 Å². The van der Waals surface area contributed by atoms with Crippen molar-refractivity contribution >= 4 is 10.9 Å². The fourth-order valence-corrected chi connectivity index (χ4v) is 3.18. The minimum absolute atomic E-state index is 0.993. The number of fused-ring (bicyclic) bond motifs is 1. The van der Waals surface area contributed by atoms with Crippen LogP contribution in [0.4, 0.5) is 0 Å². The summed E-state index contributed by atoms with van der Waals surface area (Å²) in [6.07, 6.45) is 10.6. The van der Waals surface area contributed by atoms with E-state index >= 15 is 0 Å². The van der Waals surface area contributed by atoms with Gasteiger partial charge in [-0.15, -0.1) is 0 Å². The largest absolute Gasteiger partial charge is 0.352 e. The van der Waals surface area contributed by atoms with E-state index < -0.39 is 0 Å². The Balaban J connectivity index is 1.51. The molecule has 0 radical (unpaired) electrons. The third-order valence-electron chi connectivity index (χ3n) is 4.46. The first-order valence-electron chi connectivity index (χ1n) is 7.97. The molecule has 4 nitrogen and oxygen atoms in total. The van der Waals surface area contributed by atoms with Gasteiger partial charge in [-0.05, 0) is 55.3 Å². The summed E-state index contributed by atoms with van der Waals surface area (Å²) in [5.41, 5.74) is 3.47. The van der Waals surface area contributed by atoms with Crippen LogP contribution < -0.4 is 0 Å². The van der Waals surface area contributed by atoms with E-state index in [1.807, 2.05) is 6.20 Å². The Hall–Kier alpha value is -2.20. The van der Waals surface area contributed by atoms with Crippen LogP contribution in [0.25, 0.3) is 22.0 Å². The zero-order chi connectivity index (χ0) is 14.8. The highest BCUT2D eigenvalue weighted by atomic mass is 15.2. The highest BCUT2D eigenvalue weighted by molar-refractivity contribution is 5.83. The summed E-state index contributed by atoms with van der Waals surface area (Å²) in [6, 6.07) is 8.55. The van der Waals surface area contributed by atoms with Gasteiger partial charge in [-0.2, -0.15) is 0 Å². The highest BCUT2D eigenvalue weighted by Gasteiger charge is 2.11. The normalized spacial score (nSPS) is 15.6. The van der Waals surface area contributed by atoms with E-state index in [0.717, 1.165) is 24.0 Å². The molecule has 3 heterocycles. The van der Waals surface area contributed by atoms with E-state index in [1.54, 1.807) is 6.33 Å². The number of hydrogen-bond donors (Lipinski definition) is 0. The van der Waals surface area contributed by atoms with Crippen LogP contribution in [0.5, 0.6) is 0 Å². The summed E-state index contributed by atoms with van der Waals surface area (Å²) >= 11 is 0. The van der Waals surface area contributed by atoms with Gasteiger partial charge in [0.1, 0.15) is 6.33 Å². The lowest BCUT2D eigenvalue weighted by atomic mass is 10.1. The molecule has 0 spiro atoms. The van der Waals surface area contributed by atoms with Gasteiger partial charge >= 0.3 is 0 Å². The molecule has 0 aliphatic carbocycles. The molecule has 1 aliphatic heterocycles. The molecule has 1 aliphatic rings. The average Bonchev–Trinajstić information content (AvgIpc) is 3.24. The number of rotatable bonds is 4. The van der Waals surface area contributed by atoms with Crippen molar-refractivity contribution in [1.29, 1.82) is 0 Å². The molecule has 0 atom stereocenters. The van der Waals surface area contributed by atoms with Crippen molar-refractivity contribution in [2.45, 2.75) is 19.4 Å². The van der Waals surface area contributed by atoms with E-state index in [-0.39, 0.29) is 0 Å². The van der Waals surface area contributed by atoms with Gasteiger partial charge in [-0.25, -0.2) is 9.97 Å². The summed E-state index contributed by atoms with van der Waals surface area (Å²) in [5, 5.41) is 1.09. The number of nitrogens with zero attached hydrogens (tertiary/aromatic N) is 4. The molecule has 0 N–H and O–H groups in total. The maximum Gasteiger partial charge on any atom is 0.116 e. The lowest BCUT2D eigenvalue weighted by Gasteiger charge is -2.14. The fourth-order valence-electron chi connectivity index (χ4n) is 3.18. The molecule has 1 fully saturated rings. The van der Waals surface area contributed by atoms with Crippen LogP contribution in [0.15, 0.2) is 49.2 Å². The van der Waals surface area contributed by atoms with Crippen LogP contribution in [0.2, 0.25) is 0 Å². The van der Waals surface area contributed by atoms with Gasteiger partial charge < -0.3 is 9.47 Å². The lowest BCUT2D eigenvalue weighted by Crippen LogP contribution is -2.23. The van der Waals surface area contributed by atoms with Gasteiger partial charge in [0.15, 0.2) is 0 Å². The maximum atomic E-state index is 4.27. The van der Waals surface area contributed by atoms with E-state index in [9.17, 15) is 0 Å². The summed E-state index contributed by atoms with van der Waals surface area (Å²) < 4.78 is 2.29. The second-order valence-electron chi connectivity index (χ2n) is 5.98. The zero-order valence-corrected chi connectivity index (χ0v) is 12.7. The van der Waals surface area contributed by atoms with Gasteiger partial charge in [0.2, 0.25) is 0 Å². The van der Waals surface area contributed by atoms with Crippen molar-refractivity contribution in [2.24, 2.45) is 0 Å². The topological polar surface area (TPSA) is 34.0 Å². The average molecular weight is 292 g/mol. The highest BCUT2D eigenvalue weighted by Crippen LogP contribution is 2.23. The van der Waals surface area contributed by atoms with E-state index in [1.165, 1.54) is 37.1 Å². The predicted molar refractivity (Wildman–Crippen MR) is 88.6 cm³/mol. The monoisotopic (exact) mass is 292 g/mol. The standard InChI is InChI=1S/C18H20N4/c1-2-7-21(6-1)9-10-22-8-5-16(13-22)15-3-4-18-17(11-15)12-19-14-20-18/h3-5,8,11-14H,1-2,6-7,9-10H2. The second kappa shape index (κ2) is 5.89. The number of benzene rings is 1. The Morgan fingerprint density at radius 2 is 1.91 bits per heavy atom. The van der Waals surface area contributed by atoms with Crippen LogP contribution in [0, 0.1) is 0 Å². The van der Waals surface area contributed by atoms with Crippen LogP contribution in [-0.2, 0) is 6.54 Å². The molecule has 0 amide bonds. The smallest absolute Gasteiger partial charge is 0.116 e. The lowest BCUT2D eigenvalue weighted by molar-refractivity contribution is 0.323. The number of hydrogen-bond acceptors (Lipinski definition) is 3. The molecule has 4 heteroatoms. The Kier molecular flexibility index (Phi) is 3.60. The molecule has 0 saturated carbocycles. The fraction of sp³-hybridized carbons (Fsp3) is 0.333. The first-order valence-corrected chi connectivity index (χ1v) is 7.97. The van der Waals surface area contributed by atoms with Crippen LogP contribution in [0.1, 0.15) is 12.8 Å². The molecule has 0 bridgehead atoms. The second-order valence-corrected chi connectivity index (χ2v) is 5.98. The van der Waals surface area contributed by atoms with Crippen LogP contribution in [-0.4, -0.2) is 39.1 Å². The third-order valence-corrected chi connectivity index (χ3v) is 4.46. The SMILES string of the molecule is c1ncc2cc(-c3ccn(CCN4CCCC4)c3)ccc2n1. The Labute approximate surface area is 130 Å². The van der Waals surface area contributed by atoms with Gasteiger partial charge in [-0.1, -0.05) is 6.07 Å².